The normalized spacial score (nSPS) is 12.6. The monoisotopic (exact) mass is 908 g/mol. The van der Waals surface area contributed by atoms with Crippen molar-refractivity contribution in [3.05, 3.63) is 289 Å². The molecule has 14 rings (SSSR count). The number of nitrogens with zero attached hydrogens (tertiary/aromatic N) is 2. The molecule has 0 spiro atoms. The highest BCUT2D eigenvalue weighted by Crippen LogP contribution is 2.57. The van der Waals surface area contributed by atoms with Crippen molar-refractivity contribution in [3.8, 4) is 22.3 Å². The quantitative estimate of drug-likeness (QED) is 0.144. The third-order valence-electron chi connectivity index (χ3n) is 14.5. The van der Waals surface area contributed by atoms with Gasteiger partial charge in [0.2, 0.25) is 0 Å². The Morgan fingerprint density at radius 3 is 1.54 bits per heavy atom. The van der Waals surface area contributed by atoms with Gasteiger partial charge in [0.1, 0.15) is 22.3 Å². The molecule has 2 heterocycles. The van der Waals surface area contributed by atoms with Crippen molar-refractivity contribution in [2.75, 3.05) is 9.80 Å². The van der Waals surface area contributed by atoms with Crippen molar-refractivity contribution in [1.29, 1.82) is 0 Å². The van der Waals surface area contributed by atoms with Gasteiger partial charge in [0.25, 0.3) is 0 Å². The average molecular weight is 909 g/mol. The van der Waals surface area contributed by atoms with Gasteiger partial charge >= 0.3 is 0 Å². The second-order valence-electron chi connectivity index (χ2n) is 18.4. The van der Waals surface area contributed by atoms with Crippen LogP contribution in [-0.4, -0.2) is 0 Å². The van der Waals surface area contributed by atoms with E-state index in [1.807, 2.05) is 18.2 Å². The van der Waals surface area contributed by atoms with E-state index < -0.39 is 5.41 Å². The van der Waals surface area contributed by atoms with E-state index in [4.69, 9.17) is 8.83 Å². The molecule has 0 fully saturated rings. The Kier molecular flexibility index (Phi) is 9.39. The lowest BCUT2D eigenvalue weighted by Crippen LogP contribution is -2.28. The molecular weight excluding hydrogens is 865 g/mol. The highest BCUT2D eigenvalue weighted by atomic mass is 16.3. The van der Waals surface area contributed by atoms with Gasteiger partial charge in [-0.15, -0.1) is 0 Å². The maximum absolute atomic E-state index is 6.56. The van der Waals surface area contributed by atoms with Gasteiger partial charge in [0.15, 0.2) is 0 Å². The fraction of sp³-hybridized carbons (Fsp3) is 0.0149. The maximum Gasteiger partial charge on any atom is 0.137 e. The molecule has 334 valence electrons. The number of rotatable bonds is 9. The van der Waals surface area contributed by atoms with E-state index in [0.717, 1.165) is 89.1 Å². The molecule has 4 heteroatoms. The van der Waals surface area contributed by atoms with Crippen LogP contribution in [-0.2, 0) is 5.41 Å². The molecule has 1 aliphatic carbocycles. The number of anilines is 6. The van der Waals surface area contributed by atoms with Crippen molar-refractivity contribution >= 4 is 78.0 Å². The first-order valence-electron chi connectivity index (χ1n) is 24.2. The Bertz CT molecular complexity index is 4100. The number of benzene rings is 11. The summed E-state index contributed by atoms with van der Waals surface area (Å²) in [6, 6.07) is 96.1. The minimum atomic E-state index is -0.577. The van der Waals surface area contributed by atoms with Gasteiger partial charge in [-0.3, -0.25) is 0 Å². The second kappa shape index (κ2) is 16.4. The SMILES string of the molecule is c1ccc(-c2ccccc2N(c2cccc(N(c3cccc(C4(c5ccccc5)c5ccccc5-c5ccccc54)c3)c3ccc4oc5ccccc5c4c3)c2)c2cccc3oc4ccccc4c23)cc1. The van der Waals surface area contributed by atoms with E-state index in [-0.39, 0.29) is 0 Å². The summed E-state index contributed by atoms with van der Waals surface area (Å²) in [5.74, 6) is 0. The molecule has 0 bridgehead atoms. The van der Waals surface area contributed by atoms with Crippen LogP contribution in [0.3, 0.4) is 0 Å². The van der Waals surface area contributed by atoms with E-state index in [9.17, 15) is 0 Å². The van der Waals surface area contributed by atoms with Gasteiger partial charge in [-0.2, -0.15) is 0 Å². The van der Waals surface area contributed by atoms with Gasteiger partial charge in [0, 0.05) is 44.5 Å². The number of furan rings is 2. The van der Waals surface area contributed by atoms with E-state index in [2.05, 4.69) is 259 Å². The summed E-state index contributed by atoms with van der Waals surface area (Å²) < 4.78 is 13.0. The Balaban J connectivity index is 1.03. The predicted octanol–water partition coefficient (Wildman–Crippen LogP) is 18.5. The van der Waals surface area contributed by atoms with Crippen LogP contribution in [0.1, 0.15) is 22.3 Å². The molecule has 4 nitrogen and oxygen atoms in total. The number of para-hydroxylation sites is 3. The Morgan fingerprint density at radius 1 is 0.282 bits per heavy atom. The van der Waals surface area contributed by atoms with Crippen molar-refractivity contribution in [2.24, 2.45) is 0 Å². The molecular formula is C67H44N2O2. The summed E-state index contributed by atoms with van der Waals surface area (Å²) in [6.07, 6.45) is 0. The molecule has 13 aromatic rings. The molecule has 71 heavy (non-hydrogen) atoms. The van der Waals surface area contributed by atoms with Crippen molar-refractivity contribution in [1.82, 2.24) is 0 Å². The van der Waals surface area contributed by atoms with E-state index in [1.54, 1.807) is 0 Å². The summed E-state index contributed by atoms with van der Waals surface area (Å²) in [5, 5.41) is 4.27. The smallest absolute Gasteiger partial charge is 0.137 e. The summed E-state index contributed by atoms with van der Waals surface area (Å²) >= 11 is 0. The third-order valence-corrected chi connectivity index (χ3v) is 14.5. The first-order valence-corrected chi connectivity index (χ1v) is 24.2. The molecule has 11 aromatic carbocycles. The minimum absolute atomic E-state index is 0.577. The van der Waals surface area contributed by atoms with E-state index in [0.29, 0.717) is 0 Å². The molecule has 2 aromatic heterocycles. The molecule has 0 unspecified atom stereocenters. The molecule has 0 radical (unpaired) electrons. The number of fused-ring (bicyclic) bond motifs is 9. The van der Waals surface area contributed by atoms with Crippen molar-refractivity contribution in [3.63, 3.8) is 0 Å². The maximum atomic E-state index is 6.56. The standard InChI is InChI=1S/C67H44N2O2/c1-3-20-45(21-4-1)52-28-9-14-35-60(52)69(61-36-19-39-65-66(61)56-32-11-16-38-63(56)71-65)50-27-18-26-49(43-50)68(51-40-41-64-57(44-51)55-31-10-15-37-62(55)70-64)48-25-17-24-47(42-48)67(46-22-5-2-6-23-46)58-33-12-7-29-53(58)54-30-8-13-34-59(54)67/h1-44H. The van der Waals surface area contributed by atoms with Crippen LogP contribution in [0.5, 0.6) is 0 Å². The number of hydrogen-bond donors (Lipinski definition) is 0. The van der Waals surface area contributed by atoms with Gasteiger partial charge in [-0.1, -0.05) is 188 Å². The van der Waals surface area contributed by atoms with Gasteiger partial charge in [-0.05, 0) is 118 Å². The van der Waals surface area contributed by atoms with E-state index in [1.165, 1.54) is 33.4 Å². The first-order chi connectivity index (χ1) is 35.2. The van der Waals surface area contributed by atoms with Crippen LogP contribution < -0.4 is 9.80 Å². The first kappa shape index (κ1) is 40.7. The molecule has 1 aliphatic rings. The topological polar surface area (TPSA) is 32.8 Å². The zero-order chi connectivity index (χ0) is 46.9. The Hall–Kier alpha value is -9.38. The van der Waals surface area contributed by atoms with E-state index >= 15 is 0 Å². The van der Waals surface area contributed by atoms with Crippen LogP contribution in [0.4, 0.5) is 34.1 Å². The lowest BCUT2D eigenvalue weighted by Gasteiger charge is -2.35. The highest BCUT2D eigenvalue weighted by molar-refractivity contribution is 6.14. The largest absolute Gasteiger partial charge is 0.456 e. The van der Waals surface area contributed by atoms with Crippen LogP contribution >= 0.6 is 0 Å². The number of hydrogen-bond acceptors (Lipinski definition) is 4. The summed E-state index contributed by atoms with van der Waals surface area (Å²) in [6.45, 7) is 0. The Labute approximate surface area is 411 Å². The lowest BCUT2D eigenvalue weighted by atomic mass is 9.67. The van der Waals surface area contributed by atoms with Crippen LogP contribution in [0.25, 0.3) is 66.1 Å². The minimum Gasteiger partial charge on any atom is -0.456 e. The zero-order valence-electron chi connectivity index (χ0n) is 38.6. The lowest BCUT2D eigenvalue weighted by molar-refractivity contribution is 0.668. The van der Waals surface area contributed by atoms with Gasteiger partial charge in [-0.25, -0.2) is 0 Å². The third kappa shape index (κ3) is 6.39. The molecule has 0 aliphatic heterocycles. The molecule has 0 saturated heterocycles. The fourth-order valence-electron chi connectivity index (χ4n) is 11.5. The molecule has 0 N–H and O–H groups in total. The highest BCUT2D eigenvalue weighted by Gasteiger charge is 2.46. The molecule has 0 amide bonds. The van der Waals surface area contributed by atoms with Crippen molar-refractivity contribution < 1.29 is 8.83 Å². The van der Waals surface area contributed by atoms with Crippen LogP contribution in [0, 0.1) is 0 Å². The molecule has 0 atom stereocenters. The zero-order valence-corrected chi connectivity index (χ0v) is 38.6. The molecule has 0 saturated carbocycles. The van der Waals surface area contributed by atoms with Gasteiger partial charge in [0.05, 0.1) is 22.2 Å². The van der Waals surface area contributed by atoms with Crippen LogP contribution in [0.2, 0.25) is 0 Å². The summed E-state index contributed by atoms with van der Waals surface area (Å²) in [4.78, 5) is 4.82. The van der Waals surface area contributed by atoms with Crippen molar-refractivity contribution in [2.45, 2.75) is 5.41 Å². The second-order valence-corrected chi connectivity index (χ2v) is 18.4. The summed E-state index contributed by atoms with van der Waals surface area (Å²) in [5.41, 5.74) is 18.7. The fourth-order valence-corrected chi connectivity index (χ4v) is 11.5. The predicted molar refractivity (Wildman–Crippen MR) is 293 cm³/mol. The summed E-state index contributed by atoms with van der Waals surface area (Å²) in [7, 11) is 0. The van der Waals surface area contributed by atoms with Gasteiger partial charge < -0.3 is 18.6 Å². The average Bonchev–Trinajstić information content (AvgIpc) is 4.11. The van der Waals surface area contributed by atoms with Crippen LogP contribution in [0.15, 0.2) is 276 Å². The Morgan fingerprint density at radius 2 is 0.775 bits per heavy atom.